The van der Waals surface area contributed by atoms with Gasteiger partial charge >= 0.3 is 0 Å². The molecule has 0 spiro atoms. The Balaban J connectivity index is 1.90. The lowest BCUT2D eigenvalue weighted by atomic mass is 9.86. The van der Waals surface area contributed by atoms with Gasteiger partial charge in [0.2, 0.25) is 11.8 Å². The maximum Gasteiger partial charge on any atom is 0.243 e. The Morgan fingerprint density at radius 3 is 2.18 bits per heavy atom. The first-order valence-electron chi connectivity index (χ1n) is 14.0. The summed E-state index contributed by atoms with van der Waals surface area (Å²) >= 11 is 0. The van der Waals surface area contributed by atoms with Gasteiger partial charge in [-0.1, -0.05) is 94.4 Å². The van der Waals surface area contributed by atoms with E-state index in [1.165, 1.54) is 5.56 Å². The lowest BCUT2D eigenvalue weighted by Crippen LogP contribution is -2.52. The fourth-order valence-corrected chi connectivity index (χ4v) is 4.53. The van der Waals surface area contributed by atoms with Crippen LogP contribution in [0, 0.1) is 0 Å². The molecule has 0 bridgehead atoms. The minimum atomic E-state index is -0.636. The summed E-state index contributed by atoms with van der Waals surface area (Å²) in [4.78, 5) is 29.3. The second kappa shape index (κ2) is 14.0. The number of nitrogens with one attached hydrogen (secondary N) is 1. The summed E-state index contributed by atoms with van der Waals surface area (Å²) in [6.45, 7) is 10.9. The topological polar surface area (TPSA) is 58.6 Å². The Hall–Kier alpha value is -3.60. The molecule has 0 unspecified atom stereocenters. The summed E-state index contributed by atoms with van der Waals surface area (Å²) in [5.74, 6) is 0.555. The minimum absolute atomic E-state index is 0.0193. The van der Waals surface area contributed by atoms with Crippen LogP contribution in [0.5, 0.6) is 5.75 Å². The van der Waals surface area contributed by atoms with Crippen molar-refractivity contribution < 1.29 is 14.3 Å². The second-order valence-corrected chi connectivity index (χ2v) is 11.3. The zero-order valence-electron chi connectivity index (χ0n) is 24.4. The third-order valence-electron chi connectivity index (χ3n) is 7.21. The average molecular weight is 529 g/mol. The van der Waals surface area contributed by atoms with E-state index in [-0.39, 0.29) is 23.3 Å². The Labute approximate surface area is 234 Å². The van der Waals surface area contributed by atoms with E-state index < -0.39 is 6.04 Å². The van der Waals surface area contributed by atoms with E-state index in [2.05, 4.69) is 50.4 Å². The van der Waals surface area contributed by atoms with Crippen molar-refractivity contribution >= 4 is 11.8 Å². The summed E-state index contributed by atoms with van der Waals surface area (Å²) in [5, 5.41) is 3.13. The number of aryl methyl sites for hydroxylation is 1. The molecule has 0 radical (unpaired) electrons. The van der Waals surface area contributed by atoms with Gasteiger partial charge in [0.25, 0.3) is 0 Å². The number of amides is 2. The molecular weight excluding hydrogens is 484 g/mol. The van der Waals surface area contributed by atoms with E-state index in [1.807, 2.05) is 68.4 Å². The van der Waals surface area contributed by atoms with Gasteiger partial charge in [0, 0.05) is 25.4 Å². The smallest absolute Gasteiger partial charge is 0.243 e. The van der Waals surface area contributed by atoms with Crippen molar-refractivity contribution in [2.75, 3.05) is 7.11 Å². The number of hydrogen-bond donors (Lipinski definition) is 1. The molecule has 0 aliphatic rings. The number of nitrogens with zero attached hydrogens (tertiary/aromatic N) is 1. The molecular formula is C34H44N2O3. The van der Waals surface area contributed by atoms with Gasteiger partial charge in [0.1, 0.15) is 11.8 Å². The van der Waals surface area contributed by atoms with Crippen LogP contribution in [0.2, 0.25) is 0 Å². The first-order chi connectivity index (χ1) is 18.6. The predicted octanol–water partition coefficient (Wildman–Crippen LogP) is 6.48. The van der Waals surface area contributed by atoms with Gasteiger partial charge in [0.15, 0.2) is 0 Å². The summed E-state index contributed by atoms with van der Waals surface area (Å²) in [6.07, 6.45) is 2.20. The van der Waals surface area contributed by atoms with Crippen molar-refractivity contribution in [3.63, 3.8) is 0 Å². The van der Waals surface area contributed by atoms with E-state index in [9.17, 15) is 9.59 Å². The number of hydrogen-bond acceptors (Lipinski definition) is 3. The van der Waals surface area contributed by atoms with Crippen molar-refractivity contribution in [3.8, 4) is 5.75 Å². The maximum atomic E-state index is 13.9. The Morgan fingerprint density at radius 1 is 0.897 bits per heavy atom. The zero-order valence-corrected chi connectivity index (χ0v) is 24.4. The van der Waals surface area contributed by atoms with Crippen molar-refractivity contribution in [3.05, 3.63) is 101 Å². The fraction of sp³-hybridized carbons (Fsp3) is 0.412. The van der Waals surface area contributed by atoms with Crippen molar-refractivity contribution in [2.45, 2.75) is 84.3 Å². The maximum absolute atomic E-state index is 13.9. The molecule has 0 aliphatic heterocycles. The summed E-state index contributed by atoms with van der Waals surface area (Å²) < 4.78 is 5.42. The van der Waals surface area contributed by atoms with E-state index >= 15 is 0 Å². The molecule has 3 aromatic rings. The second-order valence-electron chi connectivity index (χ2n) is 11.3. The van der Waals surface area contributed by atoms with Gasteiger partial charge in [-0.15, -0.1) is 0 Å². The normalized spacial score (nSPS) is 12.9. The molecule has 1 N–H and O–H groups in total. The molecule has 5 nitrogen and oxygen atoms in total. The summed E-state index contributed by atoms with van der Waals surface area (Å²) in [7, 11) is 1.63. The molecule has 5 heteroatoms. The molecule has 0 heterocycles. The Morgan fingerprint density at radius 2 is 1.56 bits per heavy atom. The highest BCUT2D eigenvalue weighted by Crippen LogP contribution is 2.23. The first kappa shape index (κ1) is 29.9. The number of benzene rings is 3. The Bertz CT molecular complexity index is 1200. The van der Waals surface area contributed by atoms with E-state index in [0.29, 0.717) is 25.8 Å². The highest BCUT2D eigenvalue weighted by Gasteiger charge is 2.31. The quantitative estimate of drug-likeness (QED) is 0.293. The van der Waals surface area contributed by atoms with E-state index in [0.717, 1.165) is 28.9 Å². The standard InChI is InChI=1S/C34H44N2O3/c1-7-25(2)35-33(38)31(23-27-12-9-8-10-13-27)36(24-28-14-11-15-30(22-28)39-6)32(37)21-18-26-16-19-29(20-17-26)34(3,4)5/h8-17,19-20,22,25,31H,7,18,21,23-24H2,1-6H3,(H,35,38)/t25-,31-/m0/s1. The highest BCUT2D eigenvalue weighted by atomic mass is 16.5. The first-order valence-corrected chi connectivity index (χ1v) is 14.0. The van der Waals surface area contributed by atoms with Gasteiger partial charge in [-0.05, 0) is 59.6 Å². The van der Waals surface area contributed by atoms with E-state index in [4.69, 9.17) is 4.74 Å². The number of carbonyl (C=O) groups is 2. The van der Waals surface area contributed by atoms with Crippen LogP contribution in [0.3, 0.4) is 0 Å². The van der Waals surface area contributed by atoms with Gasteiger partial charge in [-0.2, -0.15) is 0 Å². The van der Waals surface area contributed by atoms with Gasteiger partial charge in [-0.25, -0.2) is 0 Å². The molecule has 208 valence electrons. The zero-order chi connectivity index (χ0) is 28.4. The molecule has 2 amide bonds. The lowest BCUT2D eigenvalue weighted by molar-refractivity contribution is -0.141. The Kier molecular flexibility index (Phi) is 10.7. The van der Waals surface area contributed by atoms with Crippen LogP contribution < -0.4 is 10.1 Å². The van der Waals surface area contributed by atoms with Gasteiger partial charge in [0.05, 0.1) is 7.11 Å². The molecule has 0 fully saturated rings. The molecule has 0 aromatic heterocycles. The highest BCUT2D eigenvalue weighted by molar-refractivity contribution is 5.88. The average Bonchev–Trinajstić information content (AvgIpc) is 2.93. The minimum Gasteiger partial charge on any atom is -0.497 e. The van der Waals surface area contributed by atoms with Crippen molar-refractivity contribution in [2.24, 2.45) is 0 Å². The van der Waals surface area contributed by atoms with Crippen molar-refractivity contribution in [1.82, 2.24) is 10.2 Å². The number of rotatable bonds is 12. The van der Waals surface area contributed by atoms with E-state index in [1.54, 1.807) is 12.0 Å². The predicted molar refractivity (Wildman–Crippen MR) is 159 cm³/mol. The third kappa shape index (κ3) is 8.98. The number of ether oxygens (including phenoxy) is 1. The van der Waals surface area contributed by atoms with Crippen LogP contribution in [0.15, 0.2) is 78.9 Å². The molecule has 2 atom stereocenters. The summed E-state index contributed by atoms with van der Waals surface area (Å²) in [5.41, 5.74) is 4.40. The van der Waals surface area contributed by atoms with Crippen LogP contribution in [-0.2, 0) is 34.4 Å². The van der Waals surface area contributed by atoms with Crippen molar-refractivity contribution in [1.29, 1.82) is 0 Å². The molecule has 0 saturated carbocycles. The van der Waals surface area contributed by atoms with Crippen LogP contribution in [-0.4, -0.2) is 35.9 Å². The molecule has 0 aliphatic carbocycles. The number of methoxy groups -OCH3 is 1. The largest absolute Gasteiger partial charge is 0.497 e. The summed E-state index contributed by atoms with van der Waals surface area (Å²) in [6, 6.07) is 25.5. The van der Waals surface area contributed by atoms with Gasteiger partial charge < -0.3 is 15.0 Å². The molecule has 3 rings (SSSR count). The number of carbonyl (C=O) groups excluding carboxylic acids is 2. The van der Waals surface area contributed by atoms with Crippen LogP contribution in [0.4, 0.5) is 0 Å². The van der Waals surface area contributed by atoms with Crippen LogP contribution in [0.25, 0.3) is 0 Å². The van der Waals surface area contributed by atoms with Crippen LogP contribution >= 0.6 is 0 Å². The SMILES string of the molecule is CC[C@H](C)NC(=O)[C@H](Cc1ccccc1)N(Cc1cccc(OC)c1)C(=O)CCc1ccc(C(C)(C)C)cc1. The lowest BCUT2D eigenvalue weighted by Gasteiger charge is -2.32. The van der Waals surface area contributed by atoms with Gasteiger partial charge in [-0.3, -0.25) is 9.59 Å². The fourth-order valence-electron chi connectivity index (χ4n) is 4.53. The molecule has 0 saturated heterocycles. The van der Waals surface area contributed by atoms with Crippen LogP contribution in [0.1, 0.15) is 69.7 Å². The monoisotopic (exact) mass is 528 g/mol. The third-order valence-corrected chi connectivity index (χ3v) is 7.21. The molecule has 39 heavy (non-hydrogen) atoms. The molecule has 3 aromatic carbocycles.